The Morgan fingerprint density at radius 3 is 2.84 bits per heavy atom. The summed E-state index contributed by atoms with van der Waals surface area (Å²) in [4.78, 5) is 8.24. The molecule has 2 rings (SSSR count). The van der Waals surface area contributed by atoms with E-state index in [-0.39, 0.29) is 6.54 Å². The lowest BCUT2D eigenvalue weighted by Gasteiger charge is -2.12. The number of aromatic nitrogens is 2. The molecule has 0 aliphatic rings. The number of hydrogen-bond acceptors (Lipinski definition) is 4. The monoisotopic (exact) mass is 261 g/mol. The van der Waals surface area contributed by atoms with Crippen LogP contribution >= 0.6 is 0 Å². The summed E-state index contributed by atoms with van der Waals surface area (Å²) < 4.78 is 13.4. The minimum absolute atomic E-state index is 0.268. The summed E-state index contributed by atoms with van der Waals surface area (Å²) in [5.74, 6) is 0.309. The van der Waals surface area contributed by atoms with Crippen molar-refractivity contribution in [2.75, 3.05) is 6.54 Å². The third-order valence-corrected chi connectivity index (χ3v) is 2.74. The summed E-state index contributed by atoms with van der Waals surface area (Å²) in [5.41, 5.74) is 1.14. The highest BCUT2D eigenvalue weighted by atomic mass is 19.1. The Morgan fingerprint density at radius 2 is 2.11 bits per heavy atom. The van der Waals surface area contributed by atoms with Crippen LogP contribution in [0.4, 0.5) is 4.39 Å². The number of aryl methyl sites for hydroxylation is 1. The largest absolute Gasteiger partial charge is 0.387 e. The quantitative estimate of drug-likeness (QED) is 0.861. The van der Waals surface area contributed by atoms with Gasteiger partial charge in [0, 0.05) is 24.8 Å². The van der Waals surface area contributed by atoms with E-state index in [9.17, 15) is 9.50 Å². The van der Waals surface area contributed by atoms with Crippen molar-refractivity contribution >= 4 is 0 Å². The molecule has 1 atom stereocenters. The average molecular weight is 261 g/mol. The molecule has 1 aromatic heterocycles. The third kappa shape index (κ3) is 3.81. The smallest absolute Gasteiger partial charge is 0.129 e. The zero-order valence-corrected chi connectivity index (χ0v) is 10.7. The molecule has 100 valence electrons. The van der Waals surface area contributed by atoms with E-state index >= 15 is 0 Å². The van der Waals surface area contributed by atoms with Crippen LogP contribution in [0.15, 0.2) is 36.5 Å². The first-order chi connectivity index (χ1) is 9.16. The fourth-order valence-corrected chi connectivity index (χ4v) is 1.80. The van der Waals surface area contributed by atoms with Gasteiger partial charge in [-0.05, 0) is 19.1 Å². The zero-order chi connectivity index (χ0) is 13.7. The van der Waals surface area contributed by atoms with Crippen molar-refractivity contribution in [3.05, 3.63) is 59.4 Å². The predicted molar refractivity (Wildman–Crippen MR) is 69.8 cm³/mol. The number of aliphatic hydroxyl groups excluding tert-OH is 1. The lowest BCUT2D eigenvalue weighted by Crippen LogP contribution is -2.22. The van der Waals surface area contributed by atoms with Gasteiger partial charge in [0.15, 0.2) is 0 Å². The summed E-state index contributed by atoms with van der Waals surface area (Å²) in [6.45, 7) is 2.59. The number of nitrogens with zero attached hydrogens (tertiary/aromatic N) is 2. The van der Waals surface area contributed by atoms with Gasteiger partial charge in [0.25, 0.3) is 0 Å². The zero-order valence-electron chi connectivity index (χ0n) is 10.7. The Bertz CT molecular complexity index is 548. The molecule has 0 saturated carbocycles. The molecule has 0 aliphatic heterocycles. The van der Waals surface area contributed by atoms with Crippen LogP contribution in [0.1, 0.15) is 23.2 Å². The molecule has 4 nitrogen and oxygen atoms in total. The molecule has 0 amide bonds. The van der Waals surface area contributed by atoms with Crippen LogP contribution in [0.2, 0.25) is 0 Å². The maximum absolute atomic E-state index is 13.4. The van der Waals surface area contributed by atoms with E-state index in [1.165, 1.54) is 6.07 Å². The van der Waals surface area contributed by atoms with E-state index in [2.05, 4.69) is 15.3 Å². The maximum Gasteiger partial charge on any atom is 0.129 e. The van der Waals surface area contributed by atoms with Gasteiger partial charge in [0.2, 0.25) is 0 Å². The van der Waals surface area contributed by atoms with Gasteiger partial charge in [-0.15, -0.1) is 0 Å². The standard InChI is InChI=1S/C14H16FN3O/c1-10-17-7-6-11(18-10)8-16-9-14(19)12-4-2-3-5-13(12)15/h2-7,14,16,19H,8-9H2,1H3. The second-order valence-electron chi connectivity index (χ2n) is 4.26. The first-order valence-electron chi connectivity index (χ1n) is 6.08. The lowest BCUT2D eigenvalue weighted by molar-refractivity contribution is 0.169. The van der Waals surface area contributed by atoms with Gasteiger partial charge in [0.1, 0.15) is 11.6 Å². The molecule has 1 unspecified atom stereocenters. The van der Waals surface area contributed by atoms with Crippen molar-refractivity contribution in [1.82, 2.24) is 15.3 Å². The molecule has 1 aromatic carbocycles. The Labute approximate surface area is 111 Å². The number of halogens is 1. The average Bonchev–Trinajstić information content (AvgIpc) is 2.39. The van der Waals surface area contributed by atoms with Crippen LogP contribution in [-0.2, 0) is 6.54 Å². The number of benzene rings is 1. The molecule has 0 aliphatic carbocycles. The van der Waals surface area contributed by atoms with Gasteiger partial charge < -0.3 is 10.4 Å². The molecular formula is C14H16FN3O. The van der Waals surface area contributed by atoms with Crippen LogP contribution in [0.3, 0.4) is 0 Å². The van der Waals surface area contributed by atoms with Crippen LogP contribution in [0.25, 0.3) is 0 Å². The lowest BCUT2D eigenvalue weighted by atomic mass is 10.1. The van der Waals surface area contributed by atoms with E-state index in [1.807, 2.05) is 6.92 Å². The van der Waals surface area contributed by atoms with E-state index < -0.39 is 11.9 Å². The Balaban J connectivity index is 1.88. The predicted octanol–water partition coefficient (Wildman–Crippen LogP) is 1.75. The number of nitrogens with one attached hydrogen (secondary N) is 1. The third-order valence-electron chi connectivity index (χ3n) is 2.74. The van der Waals surface area contributed by atoms with E-state index in [4.69, 9.17) is 0 Å². The molecule has 19 heavy (non-hydrogen) atoms. The molecule has 2 N–H and O–H groups in total. The van der Waals surface area contributed by atoms with Crippen LogP contribution in [-0.4, -0.2) is 21.6 Å². The van der Waals surface area contributed by atoms with Crippen molar-refractivity contribution in [3.63, 3.8) is 0 Å². The number of rotatable bonds is 5. The second-order valence-corrected chi connectivity index (χ2v) is 4.26. The summed E-state index contributed by atoms with van der Waals surface area (Å²) >= 11 is 0. The van der Waals surface area contributed by atoms with Crippen molar-refractivity contribution in [1.29, 1.82) is 0 Å². The number of hydrogen-bond donors (Lipinski definition) is 2. The normalized spacial score (nSPS) is 12.4. The van der Waals surface area contributed by atoms with Crippen LogP contribution in [0.5, 0.6) is 0 Å². The summed E-state index contributed by atoms with van der Waals surface area (Å²) in [5, 5.41) is 12.9. The topological polar surface area (TPSA) is 58.0 Å². The fraction of sp³-hybridized carbons (Fsp3) is 0.286. The van der Waals surface area contributed by atoms with Crippen molar-refractivity contribution in [2.45, 2.75) is 19.6 Å². The SMILES string of the molecule is Cc1nccc(CNCC(O)c2ccccc2F)n1. The highest BCUT2D eigenvalue weighted by Crippen LogP contribution is 2.15. The van der Waals surface area contributed by atoms with Crippen molar-refractivity contribution in [2.24, 2.45) is 0 Å². The Morgan fingerprint density at radius 1 is 1.32 bits per heavy atom. The van der Waals surface area contributed by atoms with E-state index in [0.29, 0.717) is 17.9 Å². The van der Waals surface area contributed by atoms with Gasteiger partial charge >= 0.3 is 0 Å². The molecule has 2 aromatic rings. The van der Waals surface area contributed by atoms with Crippen molar-refractivity contribution in [3.8, 4) is 0 Å². The highest BCUT2D eigenvalue weighted by molar-refractivity contribution is 5.20. The minimum atomic E-state index is -0.871. The molecule has 0 radical (unpaired) electrons. The van der Waals surface area contributed by atoms with Gasteiger partial charge in [-0.3, -0.25) is 0 Å². The van der Waals surface area contributed by atoms with E-state index in [1.54, 1.807) is 30.5 Å². The highest BCUT2D eigenvalue weighted by Gasteiger charge is 2.11. The van der Waals surface area contributed by atoms with Gasteiger partial charge in [-0.2, -0.15) is 0 Å². The molecule has 0 bridgehead atoms. The first-order valence-corrected chi connectivity index (χ1v) is 6.08. The summed E-state index contributed by atoms with van der Waals surface area (Å²) in [7, 11) is 0. The van der Waals surface area contributed by atoms with Gasteiger partial charge in [0.05, 0.1) is 11.8 Å². The summed E-state index contributed by atoms with van der Waals surface area (Å²) in [6, 6.07) is 8.02. The Hall–Kier alpha value is -1.85. The molecule has 0 spiro atoms. The van der Waals surface area contributed by atoms with Crippen molar-refractivity contribution < 1.29 is 9.50 Å². The van der Waals surface area contributed by atoms with E-state index in [0.717, 1.165) is 5.69 Å². The maximum atomic E-state index is 13.4. The molecular weight excluding hydrogens is 245 g/mol. The second kappa shape index (κ2) is 6.36. The first kappa shape index (κ1) is 13.6. The molecule has 1 heterocycles. The molecule has 5 heteroatoms. The summed E-state index contributed by atoms with van der Waals surface area (Å²) in [6.07, 6.45) is 0.816. The van der Waals surface area contributed by atoms with Gasteiger partial charge in [-0.25, -0.2) is 14.4 Å². The Kier molecular flexibility index (Phi) is 4.54. The number of aliphatic hydroxyl groups is 1. The van der Waals surface area contributed by atoms with Gasteiger partial charge in [-0.1, -0.05) is 18.2 Å². The van der Waals surface area contributed by atoms with Crippen LogP contribution in [0, 0.1) is 12.7 Å². The van der Waals surface area contributed by atoms with Crippen LogP contribution < -0.4 is 5.32 Å². The molecule has 0 fully saturated rings. The minimum Gasteiger partial charge on any atom is -0.387 e. The fourth-order valence-electron chi connectivity index (χ4n) is 1.80. The molecule has 0 saturated heterocycles.